The van der Waals surface area contributed by atoms with Crippen molar-refractivity contribution in [3.63, 3.8) is 0 Å². The van der Waals surface area contributed by atoms with E-state index in [4.69, 9.17) is 11.6 Å². The Bertz CT molecular complexity index is 499. The summed E-state index contributed by atoms with van der Waals surface area (Å²) in [4.78, 5) is 2.11. The van der Waals surface area contributed by atoms with Crippen LogP contribution >= 0.6 is 11.6 Å². The second-order valence-electron chi connectivity index (χ2n) is 4.40. The van der Waals surface area contributed by atoms with Crippen LogP contribution in [-0.4, -0.2) is 33.0 Å². The predicted molar refractivity (Wildman–Crippen MR) is 71.6 cm³/mol. The van der Waals surface area contributed by atoms with Crippen molar-refractivity contribution >= 4 is 27.1 Å². The molecule has 0 aliphatic carbocycles. The summed E-state index contributed by atoms with van der Waals surface area (Å²) in [5.41, 5.74) is 3.32. The van der Waals surface area contributed by atoms with Gasteiger partial charge in [-0.2, -0.15) is 0 Å². The summed E-state index contributed by atoms with van der Waals surface area (Å²) in [5, 5.41) is 0. The van der Waals surface area contributed by atoms with Crippen molar-refractivity contribution in [1.29, 1.82) is 0 Å². The number of hydrogen-bond donors (Lipinski definition) is 0. The summed E-state index contributed by atoms with van der Waals surface area (Å²) < 4.78 is 22.8. The summed E-state index contributed by atoms with van der Waals surface area (Å²) in [6.45, 7) is 3.16. The van der Waals surface area contributed by atoms with E-state index in [0.29, 0.717) is 19.0 Å². The molecular formula is C12H16ClNO2S. The molecule has 1 aliphatic heterocycles. The maximum absolute atomic E-state index is 11.4. The van der Waals surface area contributed by atoms with E-state index in [2.05, 4.69) is 11.0 Å². The van der Waals surface area contributed by atoms with Gasteiger partial charge in [-0.3, -0.25) is 0 Å². The van der Waals surface area contributed by atoms with Crippen LogP contribution < -0.4 is 4.90 Å². The molecule has 1 aromatic rings. The number of benzene rings is 1. The summed E-state index contributed by atoms with van der Waals surface area (Å²) in [5.74, 6) is 0.936. The van der Waals surface area contributed by atoms with Crippen LogP contribution in [0.1, 0.15) is 11.1 Å². The number of hydrogen-bond acceptors (Lipinski definition) is 3. The lowest BCUT2D eigenvalue weighted by atomic mass is 10.1. The first kappa shape index (κ1) is 12.7. The lowest BCUT2D eigenvalue weighted by molar-refractivity contribution is 0.586. The Morgan fingerprint density at radius 3 is 2.53 bits per heavy atom. The highest BCUT2D eigenvalue weighted by atomic mass is 35.5. The smallest absolute Gasteiger partial charge is 0.153 e. The molecule has 3 nitrogen and oxygen atoms in total. The van der Waals surface area contributed by atoms with Crippen molar-refractivity contribution in [2.45, 2.75) is 12.8 Å². The maximum atomic E-state index is 11.4. The first-order valence-electron chi connectivity index (χ1n) is 5.63. The maximum Gasteiger partial charge on any atom is 0.153 e. The van der Waals surface area contributed by atoms with Crippen LogP contribution in [0, 0.1) is 6.92 Å². The van der Waals surface area contributed by atoms with Crippen molar-refractivity contribution in [2.24, 2.45) is 0 Å². The Morgan fingerprint density at radius 1 is 1.29 bits per heavy atom. The Morgan fingerprint density at radius 2 is 1.94 bits per heavy atom. The third kappa shape index (κ3) is 2.93. The molecule has 0 N–H and O–H groups in total. The zero-order valence-electron chi connectivity index (χ0n) is 9.82. The highest BCUT2D eigenvalue weighted by Crippen LogP contribution is 2.25. The molecule has 5 heteroatoms. The van der Waals surface area contributed by atoms with Gasteiger partial charge in [-0.05, 0) is 18.6 Å². The molecule has 0 saturated carbocycles. The summed E-state index contributed by atoms with van der Waals surface area (Å²) in [6.07, 6.45) is 0. The van der Waals surface area contributed by atoms with Crippen LogP contribution in [0.25, 0.3) is 0 Å². The molecule has 0 radical (unpaired) electrons. The lowest BCUT2D eigenvalue weighted by Crippen LogP contribution is -2.40. The van der Waals surface area contributed by atoms with Gasteiger partial charge in [0.15, 0.2) is 9.84 Å². The van der Waals surface area contributed by atoms with Gasteiger partial charge in [-0.15, -0.1) is 11.6 Å². The van der Waals surface area contributed by atoms with Gasteiger partial charge in [0.25, 0.3) is 0 Å². The van der Waals surface area contributed by atoms with Gasteiger partial charge in [-0.25, -0.2) is 8.42 Å². The van der Waals surface area contributed by atoms with Gasteiger partial charge < -0.3 is 4.90 Å². The zero-order chi connectivity index (χ0) is 12.5. The van der Waals surface area contributed by atoms with Crippen molar-refractivity contribution < 1.29 is 8.42 Å². The van der Waals surface area contributed by atoms with E-state index in [-0.39, 0.29) is 11.5 Å². The van der Waals surface area contributed by atoms with Crippen LogP contribution in [0.2, 0.25) is 0 Å². The quantitative estimate of drug-likeness (QED) is 0.773. The fourth-order valence-electron chi connectivity index (χ4n) is 2.08. The molecule has 1 saturated heterocycles. The molecule has 17 heavy (non-hydrogen) atoms. The molecule has 0 amide bonds. The van der Waals surface area contributed by atoms with Crippen molar-refractivity contribution in [2.75, 3.05) is 29.5 Å². The van der Waals surface area contributed by atoms with Crippen molar-refractivity contribution in [3.05, 3.63) is 29.3 Å². The first-order chi connectivity index (χ1) is 8.02. The highest BCUT2D eigenvalue weighted by Gasteiger charge is 2.22. The van der Waals surface area contributed by atoms with E-state index in [1.165, 1.54) is 5.56 Å². The average Bonchev–Trinajstić information content (AvgIpc) is 2.29. The average molecular weight is 274 g/mol. The number of nitrogens with zero attached hydrogens (tertiary/aromatic N) is 1. The largest absolute Gasteiger partial charge is 0.369 e. The van der Waals surface area contributed by atoms with Gasteiger partial charge in [0.05, 0.1) is 11.5 Å². The standard InChI is InChI=1S/C12H16ClNO2S/c1-10-2-3-12(11(8-10)9-13)14-4-6-17(15,16)7-5-14/h2-3,8H,4-7,9H2,1H3. The number of aryl methyl sites for hydroxylation is 1. The Hall–Kier alpha value is -0.740. The van der Waals surface area contributed by atoms with Crippen molar-refractivity contribution in [3.8, 4) is 0 Å². The van der Waals surface area contributed by atoms with Gasteiger partial charge in [0.2, 0.25) is 0 Å². The first-order valence-corrected chi connectivity index (χ1v) is 7.98. The van der Waals surface area contributed by atoms with Gasteiger partial charge in [-0.1, -0.05) is 17.7 Å². The van der Waals surface area contributed by atoms with Crippen LogP contribution in [0.4, 0.5) is 5.69 Å². The van der Waals surface area contributed by atoms with Gasteiger partial charge >= 0.3 is 0 Å². The third-order valence-electron chi connectivity index (χ3n) is 3.06. The minimum absolute atomic E-state index is 0.239. The van der Waals surface area contributed by atoms with Gasteiger partial charge in [0.1, 0.15) is 0 Å². The molecule has 0 atom stereocenters. The molecule has 0 unspecified atom stereocenters. The molecule has 0 bridgehead atoms. The van der Waals surface area contributed by atoms with E-state index in [1.54, 1.807) is 0 Å². The summed E-state index contributed by atoms with van der Waals surface area (Å²) >= 11 is 5.93. The molecule has 2 rings (SSSR count). The summed E-state index contributed by atoms with van der Waals surface area (Å²) in [7, 11) is -2.83. The van der Waals surface area contributed by atoms with Crippen LogP contribution in [0.3, 0.4) is 0 Å². The molecule has 1 fully saturated rings. The fraction of sp³-hybridized carbons (Fsp3) is 0.500. The minimum atomic E-state index is -2.83. The second kappa shape index (κ2) is 4.86. The molecule has 94 valence electrons. The Labute approximate surface area is 107 Å². The van der Waals surface area contributed by atoms with Crippen LogP contribution in [0.5, 0.6) is 0 Å². The fourth-order valence-corrected chi connectivity index (χ4v) is 3.50. The molecule has 0 spiro atoms. The minimum Gasteiger partial charge on any atom is -0.369 e. The Kier molecular flexibility index (Phi) is 3.64. The third-order valence-corrected chi connectivity index (χ3v) is 4.96. The number of anilines is 1. The lowest BCUT2D eigenvalue weighted by Gasteiger charge is -2.30. The van der Waals surface area contributed by atoms with Crippen LogP contribution in [-0.2, 0) is 15.7 Å². The van der Waals surface area contributed by atoms with Crippen molar-refractivity contribution in [1.82, 2.24) is 0 Å². The van der Waals surface area contributed by atoms with E-state index in [0.717, 1.165) is 11.3 Å². The zero-order valence-corrected chi connectivity index (χ0v) is 11.4. The van der Waals surface area contributed by atoms with Gasteiger partial charge in [0, 0.05) is 24.7 Å². The normalized spacial score (nSPS) is 19.3. The van der Waals surface area contributed by atoms with E-state index in [1.807, 2.05) is 19.1 Å². The van der Waals surface area contributed by atoms with Crippen LogP contribution in [0.15, 0.2) is 18.2 Å². The second-order valence-corrected chi connectivity index (χ2v) is 6.98. The van der Waals surface area contributed by atoms with E-state index in [9.17, 15) is 8.42 Å². The predicted octanol–water partition coefficient (Wildman–Crippen LogP) is 1.97. The molecular weight excluding hydrogens is 258 g/mol. The van der Waals surface area contributed by atoms with E-state index < -0.39 is 9.84 Å². The Balaban J connectivity index is 2.24. The molecule has 1 aliphatic rings. The van der Waals surface area contributed by atoms with E-state index >= 15 is 0 Å². The highest BCUT2D eigenvalue weighted by molar-refractivity contribution is 7.91. The number of sulfone groups is 1. The molecule has 1 aromatic carbocycles. The SMILES string of the molecule is Cc1ccc(N2CCS(=O)(=O)CC2)c(CCl)c1. The number of alkyl halides is 1. The monoisotopic (exact) mass is 273 g/mol. The molecule has 1 heterocycles. The number of rotatable bonds is 2. The molecule has 0 aromatic heterocycles. The topological polar surface area (TPSA) is 37.4 Å². The number of halogens is 1. The summed E-state index contributed by atoms with van der Waals surface area (Å²) in [6, 6.07) is 6.13.